The number of rotatable bonds is 14. The van der Waals surface area contributed by atoms with E-state index in [0.717, 1.165) is 44.6 Å². The summed E-state index contributed by atoms with van der Waals surface area (Å²) in [5, 5.41) is 0. The second kappa shape index (κ2) is 17.7. The maximum absolute atomic E-state index is 10.8. The van der Waals surface area contributed by atoms with Crippen molar-refractivity contribution in [1.29, 1.82) is 0 Å². The molecule has 0 aliphatic rings. The minimum absolute atomic E-state index is 0.0114. The summed E-state index contributed by atoms with van der Waals surface area (Å²) in [6.45, 7) is 4.74. The van der Waals surface area contributed by atoms with Gasteiger partial charge in [0.05, 0.1) is 13.7 Å². The number of carbonyl (C=O) groups excluding carboxylic acids is 2. The molecule has 1 amide bonds. The van der Waals surface area contributed by atoms with E-state index in [1.807, 2.05) is 18.2 Å². The number of benzene rings is 2. The molecule has 176 valence electrons. The second-order valence-corrected chi connectivity index (χ2v) is 7.05. The molecule has 0 fully saturated rings. The van der Waals surface area contributed by atoms with Crippen LogP contribution in [-0.4, -0.2) is 52.0 Å². The van der Waals surface area contributed by atoms with Crippen molar-refractivity contribution in [2.24, 2.45) is 5.73 Å². The highest BCUT2D eigenvalue weighted by molar-refractivity contribution is 5.92. The van der Waals surface area contributed by atoms with Crippen LogP contribution in [0.15, 0.2) is 54.6 Å². The van der Waals surface area contributed by atoms with E-state index >= 15 is 0 Å². The van der Waals surface area contributed by atoms with E-state index in [-0.39, 0.29) is 18.5 Å². The maximum Gasteiger partial charge on any atom is 0.331 e. The summed E-state index contributed by atoms with van der Waals surface area (Å²) in [5.41, 5.74) is 6.77. The first-order valence-corrected chi connectivity index (χ1v) is 10.8. The van der Waals surface area contributed by atoms with Gasteiger partial charge in [0.25, 0.3) is 0 Å². The number of hydrogen-bond acceptors (Lipinski definition) is 6. The summed E-state index contributed by atoms with van der Waals surface area (Å²) < 4.78 is 20.8. The molecule has 32 heavy (non-hydrogen) atoms. The van der Waals surface area contributed by atoms with E-state index in [9.17, 15) is 9.59 Å². The first-order chi connectivity index (χ1) is 15.5. The normalized spacial score (nSPS) is 10.1. The fourth-order valence-corrected chi connectivity index (χ4v) is 2.49. The Balaban J connectivity index is 0.000000471. The molecule has 0 saturated heterocycles. The fourth-order valence-electron chi connectivity index (χ4n) is 2.49. The molecule has 2 aromatic carbocycles. The third kappa shape index (κ3) is 14.2. The lowest BCUT2D eigenvalue weighted by Gasteiger charge is -2.07. The predicted octanol–water partition coefficient (Wildman–Crippen LogP) is 3.93. The number of unbranched alkanes of at least 4 members (excludes halogenated alkanes) is 2. The zero-order valence-corrected chi connectivity index (χ0v) is 19.1. The van der Waals surface area contributed by atoms with E-state index in [2.05, 4.69) is 23.8 Å². The van der Waals surface area contributed by atoms with Crippen molar-refractivity contribution < 1.29 is 28.5 Å². The van der Waals surface area contributed by atoms with Gasteiger partial charge in [-0.05, 0) is 56.9 Å². The first kappa shape index (κ1) is 27.1. The molecule has 0 atom stereocenters. The number of hydrogen-bond donors (Lipinski definition) is 1. The Morgan fingerprint density at radius 1 is 0.781 bits per heavy atom. The molecule has 2 aromatic rings. The molecule has 2 rings (SSSR count). The standard InChI is InChI=1S/C18H28O5.C7H7NO/c1-16-7-9-17(10-8-16)23-14-5-3-4-11-21-12-6-13-22-15-18(19)20-2;8-7(9)6-4-2-1-3-5-6/h7-10H,3-6,11-15H2,1-2H3;1-5H,(H2,8,9). The van der Waals surface area contributed by atoms with Crippen LogP contribution in [0.2, 0.25) is 0 Å². The van der Waals surface area contributed by atoms with Crippen LogP contribution in [0.5, 0.6) is 5.75 Å². The Morgan fingerprint density at radius 2 is 1.41 bits per heavy atom. The van der Waals surface area contributed by atoms with Crippen LogP contribution in [0.1, 0.15) is 41.6 Å². The Labute approximate surface area is 190 Å². The molecule has 0 aliphatic heterocycles. The van der Waals surface area contributed by atoms with Crippen LogP contribution in [-0.2, 0) is 19.0 Å². The van der Waals surface area contributed by atoms with Crippen molar-refractivity contribution in [2.75, 3.05) is 40.1 Å². The Kier molecular flexibility index (Phi) is 15.0. The Morgan fingerprint density at radius 3 is 2.03 bits per heavy atom. The van der Waals surface area contributed by atoms with Gasteiger partial charge in [-0.3, -0.25) is 4.79 Å². The van der Waals surface area contributed by atoms with Crippen LogP contribution < -0.4 is 10.5 Å². The summed E-state index contributed by atoms with van der Waals surface area (Å²) in [7, 11) is 1.35. The van der Waals surface area contributed by atoms with Crippen LogP contribution >= 0.6 is 0 Å². The van der Waals surface area contributed by atoms with E-state index in [4.69, 9.17) is 19.9 Å². The summed E-state index contributed by atoms with van der Waals surface area (Å²) in [4.78, 5) is 21.2. The SMILES string of the molecule is COC(=O)COCCCOCCCCCOc1ccc(C)cc1.NC(=O)c1ccccc1. The number of ether oxygens (including phenoxy) is 4. The number of nitrogens with two attached hydrogens (primary N) is 1. The number of primary amides is 1. The van der Waals surface area contributed by atoms with Gasteiger partial charge in [0.15, 0.2) is 0 Å². The summed E-state index contributed by atoms with van der Waals surface area (Å²) >= 11 is 0. The van der Waals surface area contributed by atoms with Crippen LogP contribution in [0.3, 0.4) is 0 Å². The van der Waals surface area contributed by atoms with Crippen molar-refractivity contribution >= 4 is 11.9 Å². The smallest absolute Gasteiger partial charge is 0.331 e. The first-order valence-electron chi connectivity index (χ1n) is 10.8. The fraction of sp³-hybridized carbons (Fsp3) is 0.440. The number of amides is 1. The van der Waals surface area contributed by atoms with E-state index in [1.54, 1.807) is 24.3 Å². The van der Waals surface area contributed by atoms with Crippen molar-refractivity contribution in [3.63, 3.8) is 0 Å². The van der Waals surface area contributed by atoms with E-state index in [1.165, 1.54) is 12.7 Å². The second-order valence-electron chi connectivity index (χ2n) is 7.05. The third-order valence-electron chi connectivity index (χ3n) is 4.31. The molecule has 0 spiro atoms. The Hall–Kier alpha value is -2.90. The number of carbonyl (C=O) groups is 2. The minimum Gasteiger partial charge on any atom is -0.494 e. The van der Waals surface area contributed by atoms with Gasteiger partial charge >= 0.3 is 5.97 Å². The van der Waals surface area contributed by atoms with Crippen LogP contribution in [0.25, 0.3) is 0 Å². The molecule has 0 saturated carbocycles. The molecule has 0 aliphatic carbocycles. The van der Waals surface area contributed by atoms with Gasteiger partial charge in [-0.1, -0.05) is 35.9 Å². The highest BCUT2D eigenvalue weighted by Gasteiger charge is 1.99. The number of aryl methyl sites for hydroxylation is 1. The molecule has 2 N–H and O–H groups in total. The van der Waals surface area contributed by atoms with E-state index < -0.39 is 0 Å². The van der Waals surface area contributed by atoms with Gasteiger partial charge in [0.1, 0.15) is 12.4 Å². The maximum atomic E-state index is 10.8. The van der Waals surface area contributed by atoms with Gasteiger partial charge in [-0.15, -0.1) is 0 Å². The van der Waals surface area contributed by atoms with Gasteiger partial charge in [-0.25, -0.2) is 4.79 Å². The van der Waals surface area contributed by atoms with Gasteiger partial charge < -0.3 is 24.7 Å². The Bertz CT molecular complexity index is 749. The van der Waals surface area contributed by atoms with Crippen molar-refractivity contribution in [3.05, 3.63) is 65.7 Å². The summed E-state index contributed by atoms with van der Waals surface area (Å²) in [6.07, 6.45) is 3.93. The zero-order valence-electron chi connectivity index (χ0n) is 19.1. The molecule has 7 heteroatoms. The summed E-state index contributed by atoms with van der Waals surface area (Å²) in [5.74, 6) is 0.202. The lowest BCUT2D eigenvalue weighted by molar-refractivity contribution is -0.146. The zero-order chi connectivity index (χ0) is 23.4. The number of esters is 1. The highest BCUT2D eigenvalue weighted by Crippen LogP contribution is 2.12. The molecule has 0 heterocycles. The lowest BCUT2D eigenvalue weighted by Crippen LogP contribution is -2.11. The lowest BCUT2D eigenvalue weighted by atomic mass is 10.2. The van der Waals surface area contributed by atoms with Gasteiger partial charge in [0.2, 0.25) is 5.91 Å². The topological polar surface area (TPSA) is 97.1 Å². The average Bonchev–Trinajstić information content (AvgIpc) is 2.81. The molecule has 0 radical (unpaired) electrons. The monoisotopic (exact) mass is 445 g/mol. The minimum atomic E-state index is -0.379. The highest BCUT2D eigenvalue weighted by atomic mass is 16.6. The molecule has 0 bridgehead atoms. The predicted molar refractivity (Wildman–Crippen MR) is 124 cm³/mol. The molecule has 7 nitrogen and oxygen atoms in total. The third-order valence-corrected chi connectivity index (χ3v) is 4.31. The number of methoxy groups -OCH3 is 1. The van der Waals surface area contributed by atoms with Crippen molar-refractivity contribution in [1.82, 2.24) is 0 Å². The van der Waals surface area contributed by atoms with Crippen LogP contribution in [0, 0.1) is 6.92 Å². The van der Waals surface area contributed by atoms with Crippen molar-refractivity contribution in [3.8, 4) is 5.75 Å². The van der Waals surface area contributed by atoms with Crippen molar-refractivity contribution in [2.45, 2.75) is 32.6 Å². The van der Waals surface area contributed by atoms with E-state index in [0.29, 0.717) is 18.8 Å². The largest absolute Gasteiger partial charge is 0.494 e. The molecule has 0 unspecified atom stereocenters. The van der Waals surface area contributed by atoms with Crippen LogP contribution in [0.4, 0.5) is 0 Å². The quantitative estimate of drug-likeness (QED) is 0.350. The van der Waals surface area contributed by atoms with Gasteiger partial charge in [0, 0.05) is 25.4 Å². The summed E-state index contributed by atoms with van der Waals surface area (Å²) in [6, 6.07) is 16.9. The average molecular weight is 446 g/mol. The van der Waals surface area contributed by atoms with Gasteiger partial charge in [-0.2, -0.15) is 0 Å². The molecule has 0 aromatic heterocycles. The molecular weight excluding hydrogens is 410 g/mol. The molecular formula is C25H35NO6.